The lowest BCUT2D eigenvalue weighted by Crippen LogP contribution is -2.49. The standard InChI is InChI=1S/C13H25N3O4/c1-11(10-16-6-8-20-9-7-16)14-13(19)15(2)5-3-4-12(17)18/h11H,3-10H2,1-2H3,(H,14,19)(H,17,18). The maximum Gasteiger partial charge on any atom is 0.317 e. The summed E-state index contributed by atoms with van der Waals surface area (Å²) in [6.45, 7) is 6.51. The van der Waals surface area contributed by atoms with Crippen LogP contribution < -0.4 is 5.32 Å². The lowest BCUT2D eigenvalue weighted by atomic mass is 10.3. The highest BCUT2D eigenvalue weighted by Gasteiger charge is 2.16. The molecular weight excluding hydrogens is 262 g/mol. The molecule has 1 atom stereocenters. The van der Waals surface area contributed by atoms with Crippen molar-refractivity contribution >= 4 is 12.0 Å². The van der Waals surface area contributed by atoms with E-state index in [4.69, 9.17) is 9.84 Å². The van der Waals surface area contributed by atoms with Crippen LogP contribution >= 0.6 is 0 Å². The molecule has 1 aliphatic rings. The average molecular weight is 287 g/mol. The molecule has 1 saturated heterocycles. The molecule has 1 heterocycles. The molecule has 7 nitrogen and oxygen atoms in total. The summed E-state index contributed by atoms with van der Waals surface area (Å²) in [5.41, 5.74) is 0. The van der Waals surface area contributed by atoms with E-state index >= 15 is 0 Å². The molecule has 1 rings (SSSR count). The van der Waals surface area contributed by atoms with Gasteiger partial charge in [-0.25, -0.2) is 4.79 Å². The number of carboxylic acids is 1. The number of nitrogens with one attached hydrogen (secondary N) is 1. The van der Waals surface area contributed by atoms with Gasteiger partial charge in [-0.15, -0.1) is 0 Å². The predicted molar refractivity (Wildman–Crippen MR) is 74.8 cm³/mol. The van der Waals surface area contributed by atoms with Crippen molar-refractivity contribution in [1.82, 2.24) is 15.1 Å². The quantitative estimate of drug-likeness (QED) is 0.699. The van der Waals surface area contributed by atoms with Crippen molar-refractivity contribution in [1.29, 1.82) is 0 Å². The Hall–Kier alpha value is -1.34. The molecule has 0 saturated carbocycles. The second kappa shape index (κ2) is 8.76. The van der Waals surface area contributed by atoms with E-state index in [2.05, 4.69) is 10.2 Å². The number of carboxylic acid groups (broad SMARTS) is 1. The summed E-state index contributed by atoms with van der Waals surface area (Å²) in [5.74, 6) is -0.834. The minimum Gasteiger partial charge on any atom is -0.481 e. The number of hydrogen-bond donors (Lipinski definition) is 2. The molecule has 116 valence electrons. The zero-order valence-corrected chi connectivity index (χ0v) is 12.3. The number of carbonyl (C=O) groups is 2. The molecule has 1 unspecified atom stereocenters. The lowest BCUT2D eigenvalue weighted by Gasteiger charge is -2.30. The highest BCUT2D eigenvalue weighted by molar-refractivity contribution is 5.74. The fourth-order valence-electron chi connectivity index (χ4n) is 2.11. The number of ether oxygens (including phenoxy) is 1. The first-order valence-electron chi connectivity index (χ1n) is 7.02. The zero-order valence-electron chi connectivity index (χ0n) is 12.3. The number of rotatable bonds is 7. The van der Waals surface area contributed by atoms with Gasteiger partial charge >= 0.3 is 12.0 Å². The van der Waals surface area contributed by atoms with Gasteiger partial charge in [0.25, 0.3) is 0 Å². The smallest absolute Gasteiger partial charge is 0.317 e. The highest BCUT2D eigenvalue weighted by Crippen LogP contribution is 1.99. The zero-order chi connectivity index (χ0) is 15.0. The summed E-state index contributed by atoms with van der Waals surface area (Å²) in [6.07, 6.45) is 0.554. The van der Waals surface area contributed by atoms with Crippen molar-refractivity contribution in [2.24, 2.45) is 0 Å². The van der Waals surface area contributed by atoms with Crippen molar-refractivity contribution < 1.29 is 19.4 Å². The van der Waals surface area contributed by atoms with Crippen molar-refractivity contribution in [2.75, 3.05) is 46.4 Å². The number of nitrogens with zero attached hydrogens (tertiary/aromatic N) is 2. The maximum absolute atomic E-state index is 11.9. The van der Waals surface area contributed by atoms with Crippen LogP contribution in [0.4, 0.5) is 4.79 Å². The van der Waals surface area contributed by atoms with Crippen LogP contribution in [0.3, 0.4) is 0 Å². The molecule has 1 fully saturated rings. The van der Waals surface area contributed by atoms with E-state index in [1.165, 1.54) is 4.90 Å². The van der Waals surface area contributed by atoms with Gasteiger partial charge in [0.15, 0.2) is 0 Å². The van der Waals surface area contributed by atoms with Gasteiger partial charge in [-0.05, 0) is 13.3 Å². The Morgan fingerprint density at radius 2 is 2.05 bits per heavy atom. The molecule has 0 bridgehead atoms. The van der Waals surface area contributed by atoms with Crippen LogP contribution in [0.25, 0.3) is 0 Å². The third kappa shape index (κ3) is 6.72. The van der Waals surface area contributed by atoms with Crippen LogP contribution in [0.1, 0.15) is 19.8 Å². The maximum atomic E-state index is 11.9. The van der Waals surface area contributed by atoms with Crippen LogP contribution in [0.2, 0.25) is 0 Å². The molecule has 0 aromatic carbocycles. The van der Waals surface area contributed by atoms with E-state index in [0.29, 0.717) is 13.0 Å². The third-order valence-corrected chi connectivity index (χ3v) is 3.24. The van der Waals surface area contributed by atoms with Gasteiger partial charge in [0.1, 0.15) is 0 Å². The number of hydrogen-bond acceptors (Lipinski definition) is 4. The average Bonchev–Trinajstić information content (AvgIpc) is 2.39. The molecule has 0 aromatic heterocycles. The molecule has 2 N–H and O–H groups in total. The van der Waals surface area contributed by atoms with Crippen LogP contribution in [0.15, 0.2) is 0 Å². The second-order valence-corrected chi connectivity index (χ2v) is 5.18. The summed E-state index contributed by atoms with van der Waals surface area (Å²) < 4.78 is 5.28. The first kappa shape index (κ1) is 16.7. The minimum absolute atomic E-state index is 0.0579. The van der Waals surface area contributed by atoms with Crippen molar-refractivity contribution in [3.8, 4) is 0 Å². The number of aliphatic carboxylic acids is 1. The summed E-state index contributed by atoms with van der Waals surface area (Å²) in [6, 6.07) is -0.0985. The fraction of sp³-hybridized carbons (Fsp3) is 0.846. The molecule has 1 aliphatic heterocycles. The van der Waals surface area contributed by atoms with Crippen LogP contribution in [0.5, 0.6) is 0 Å². The Morgan fingerprint density at radius 3 is 2.65 bits per heavy atom. The van der Waals surface area contributed by atoms with Crippen LogP contribution in [-0.2, 0) is 9.53 Å². The Labute approximate surface area is 119 Å². The molecule has 7 heteroatoms. The van der Waals surface area contributed by atoms with E-state index in [0.717, 1.165) is 32.8 Å². The molecule has 0 radical (unpaired) electrons. The topological polar surface area (TPSA) is 82.1 Å². The molecule has 0 aromatic rings. The molecule has 2 amide bonds. The van der Waals surface area contributed by atoms with Gasteiger partial charge < -0.3 is 20.1 Å². The summed E-state index contributed by atoms with van der Waals surface area (Å²) in [4.78, 5) is 26.1. The SMILES string of the molecule is CC(CN1CCOCC1)NC(=O)N(C)CCCC(=O)O. The molecule has 20 heavy (non-hydrogen) atoms. The number of amides is 2. The normalized spacial score (nSPS) is 17.5. The van der Waals surface area contributed by atoms with Gasteiger partial charge in [-0.3, -0.25) is 9.69 Å². The van der Waals surface area contributed by atoms with Crippen molar-refractivity contribution in [2.45, 2.75) is 25.8 Å². The molecule has 0 spiro atoms. The monoisotopic (exact) mass is 287 g/mol. The number of carbonyl (C=O) groups excluding carboxylic acids is 1. The fourth-order valence-corrected chi connectivity index (χ4v) is 2.11. The Kier molecular flexibility index (Phi) is 7.32. The summed E-state index contributed by atoms with van der Waals surface area (Å²) in [5, 5.41) is 11.5. The Balaban J connectivity index is 2.20. The largest absolute Gasteiger partial charge is 0.481 e. The van der Waals surface area contributed by atoms with E-state index < -0.39 is 5.97 Å². The third-order valence-electron chi connectivity index (χ3n) is 3.24. The first-order valence-corrected chi connectivity index (χ1v) is 7.02. The van der Waals surface area contributed by atoms with Gasteiger partial charge in [0.2, 0.25) is 0 Å². The highest BCUT2D eigenvalue weighted by atomic mass is 16.5. The first-order chi connectivity index (χ1) is 9.49. The second-order valence-electron chi connectivity index (χ2n) is 5.18. The summed E-state index contributed by atoms with van der Waals surface area (Å²) >= 11 is 0. The van der Waals surface area contributed by atoms with Gasteiger partial charge in [-0.1, -0.05) is 0 Å². The molecular formula is C13H25N3O4. The van der Waals surface area contributed by atoms with Crippen molar-refractivity contribution in [3.63, 3.8) is 0 Å². The number of urea groups is 1. The Morgan fingerprint density at radius 1 is 1.40 bits per heavy atom. The predicted octanol–water partition coefficient (Wildman–Crippen LogP) is 0.213. The van der Waals surface area contributed by atoms with Crippen LogP contribution in [0, 0.1) is 0 Å². The Bertz CT molecular complexity index is 319. The van der Waals surface area contributed by atoms with Crippen molar-refractivity contribution in [3.05, 3.63) is 0 Å². The van der Waals surface area contributed by atoms with Gasteiger partial charge in [0.05, 0.1) is 13.2 Å². The van der Waals surface area contributed by atoms with E-state index in [1.54, 1.807) is 7.05 Å². The van der Waals surface area contributed by atoms with E-state index in [1.807, 2.05) is 6.92 Å². The van der Waals surface area contributed by atoms with E-state index in [9.17, 15) is 9.59 Å². The molecule has 0 aliphatic carbocycles. The van der Waals surface area contributed by atoms with E-state index in [-0.39, 0.29) is 18.5 Å². The summed E-state index contributed by atoms with van der Waals surface area (Å²) in [7, 11) is 1.68. The van der Waals surface area contributed by atoms with Crippen LogP contribution in [-0.4, -0.2) is 79.4 Å². The van der Waals surface area contributed by atoms with Gasteiger partial charge in [0, 0.05) is 45.7 Å². The number of morpholine rings is 1. The minimum atomic E-state index is -0.834. The van der Waals surface area contributed by atoms with Gasteiger partial charge in [-0.2, -0.15) is 0 Å². The lowest BCUT2D eigenvalue weighted by molar-refractivity contribution is -0.137.